The molecule has 4 rings (SSSR count). The van der Waals surface area contributed by atoms with Gasteiger partial charge in [-0.15, -0.1) is 0 Å². The number of carbonyl (C=O) groups excluding carboxylic acids is 1. The van der Waals surface area contributed by atoms with Crippen LogP contribution in [0.3, 0.4) is 0 Å². The summed E-state index contributed by atoms with van der Waals surface area (Å²) in [6.07, 6.45) is 7.05. The number of aryl methyl sites for hydroxylation is 1. The SMILES string of the molecule is CCc1nc(-c2ccc(OCCCCC(C)N3CCN(c4ccncc4)C3=O)cc2)no1. The summed E-state index contributed by atoms with van der Waals surface area (Å²) in [4.78, 5) is 24.9. The van der Waals surface area contributed by atoms with Crippen LogP contribution < -0.4 is 9.64 Å². The highest BCUT2D eigenvalue weighted by atomic mass is 16.5. The third-order valence-corrected chi connectivity index (χ3v) is 5.72. The van der Waals surface area contributed by atoms with Gasteiger partial charge in [0.1, 0.15) is 5.75 Å². The molecule has 0 bridgehead atoms. The molecule has 2 amide bonds. The molecule has 3 heterocycles. The Kier molecular flexibility index (Phi) is 6.99. The van der Waals surface area contributed by atoms with Gasteiger partial charge in [0.15, 0.2) is 0 Å². The molecular formula is C24H29N5O3. The zero-order chi connectivity index (χ0) is 22.3. The second-order valence-electron chi connectivity index (χ2n) is 7.92. The molecule has 1 fully saturated rings. The molecule has 0 spiro atoms. The molecule has 2 aromatic heterocycles. The van der Waals surface area contributed by atoms with Crippen LogP contribution in [0.4, 0.5) is 10.5 Å². The number of urea groups is 1. The van der Waals surface area contributed by atoms with E-state index in [9.17, 15) is 4.79 Å². The fourth-order valence-electron chi connectivity index (χ4n) is 3.83. The first-order valence-corrected chi connectivity index (χ1v) is 11.2. The predicted octanol–water partition coefficient (Wildman–Crippen LogP) is 4.57. The van der Waals surface area contributed by atoms with E-state index in [0.717, 1.165) is 55.8 Å². The monoisotopic (exact) mass is 435 g/mol. The molecule has 32 heavy (non-hydrogen) atoms. The highest BCUT2D eigenvalue weighted by molar-refractivity contribution is 5.94. The number of carbonyl (C=O) groups is 1. The van der Waals surface area contributed by atoms with Crippen molar-refractivity contribution >= 4 is 11.7 Å². The van der Waals surface area contributed by atoms with Gasteiger partial charge in [0, 0.05) is 49.2 Å². The number of hydrogen-bond acceptors (Lipinski definition) is 6. The van der Waals surface area contributed by atoms with Crippen molar-refractivity contribution in [2.45, 2.75) is 45.6 Å². The van der Waals surface area contributed by atoms with Gasteiger partial charge in [0.05, 0.1) is 6.61 Å². The standard InChI is InChI=1S/C24H29N5O3/c1-3-22-26-23(27-32-22)19-7-9-21(10-8-19)31-17-5-4-6-18(2)28-15-16-29(24(28)30)20-11-13-25-14-12-20/h7-14,18H,3-6,15-17H2,1-2H3. The molecule has 3 aromatic rings. The van der Waals surface area contributed by atoms with Gasteiger partial charge in [-0.1, -0.05) is 12.1 Å². The maximum Gasteiger partial charge on any atom is 0.324 e. The Bertz CT molecular complexity index is 1010. The largest absolute Gasteiger partial charge is 0.494 e. The van der Waals surface area contributed by atoms with Crippen molar-refractivity contribution in [3.05, 3.63) is 54.7 Å². The van der Waals surface area contributed by atoms with Crippen LogP contribution in [-0.2, 0) is 6.42 Å². The van der Waals surface area contributed by atoms with Gasteiger partial charge in [0.2, 0.25) is 11.7 Å². The number of benzene rings is 1. The number of pyridine rings is 1. The second kappa shape index (κ2) is 10.3. The van der Waals surface area contributed by atoms with Crippen LogP contribution in [-0.4, -0.2) is 51.8 Å². The quantitative estimate of drug-likeness (QED) is 0.434. The number of ether oxygens (including phenoxy) is 1. The summed E-state index contributed by atoms with van der Waals surface area (Å²) >= 11 is 0. The zero-order valence-electron chi connectivity index (χ0n) is 18.6. The number of anilines is 1. The molecule has 0 saturated carbocycles. The van der Waals surface area contributed by atoms with E-state index in [0.29, 0.717) is 18.3 Å². The summed E-state index contributed by atoms with van der Waals surface area (Å²) in [7, 11) is 0. The highest BCUT2D eigenvalue weighted by Gasteiger charge is 2.32. The van der Waals surface area contributed by atoms with E-state index in [1.54, 1.807) is 12.4 Å². The molecular weight excluding hydrogens is 406 g/mol. The predicted molar refractivity (Wildman–Crippen MR) is 122 cm³/mol. The lowest BCUT2D eigenvalue weighted by Gasteiger charge is -2.25. The number of rotatable bonds is 10. The Morgan fingerprint density at radius 2 is 1.88 bits per heavy atom. The molecule has 1 aliphatic heterocycles. The molecule has 0 aliphatic carbocycles. The van der Waals surface area contributed by atoms with E-state index in [4.69, 9.17) is 9.26 Å². The van der Waals surface area contributed by atoms with Crippen LogP contribution in [0, 0.1) is 0 Å². The van der Waals surface area contributed by atoms with Crippen LogP contribution in [0.5, 0.6) is 5.75 Å². The van der Waals surface area contributed by atoms with Crippen LogP contribution in [0.2, 0.25) is 0 Å². The average molecular weight is 436 g/mol. The number of unbranched alkanes of at least 4 members (excludes halogenated alkanes) is 1. The van der Waals surface area contributed by atoms with Gasteiger partial charge >= 0.3 is 6.03 Å². The van der Waals surface area contributed by atoms with Gasteiger partial charge in [-0.3, -0.25) is 9.88 Å². The average Bonchev–Trinajstić information content (AvgIpc) is 3.46. The smallest absolute Gasteiger partial charge is 0.324 e. The summed E-state index contributed by atoms with van der Waals surface area (Å²) in [5.74, 6) is 2.06. The summed E-state index contributed by atoms with van der Waals surface area (Å²) < 4.78 is 11.0. The van der Waals surface area contributed by atoms with Crippen molar-refractivity contribution in [3.8, 4) is 17.1 Å². The molecule has 8 nitrogen and oxygen atoms in total. The third-order valence-electron chi connectivity index (χ3n) is 5.72. The molecule has 1 unspecified atom stereocenters. The third kappa shape index (κ3) is 5.07. The van der Waals surface area contributed by atoms with Crippen LogP contribution in [0.25, 0.3) is 11.4 Å². The normalized spacial score (nSPS) is 14.8. The highest BCUT2D eigenvalue weighted by Crippen LogP contribution is 2.23. The minimum absolute atomic E-state index is 0.0766. The van der Waals surface area contributed by atoms with E-state index in [2.05, 4.69) is 22.0 Å². The summed E-state index contributed by atoms with van der Waals surface area (Å²) in [6, 6.07) is 11.8. The van der Waals surface area contributed by atoms with Crippen LogP contribution in [0.15, 0.2) is 53.3 Å². The minimum atomic E-state index is 0.0766. The molecule has 0 N–H and O–H groups in total. The second-order valence-corrected chi connectivity index (χ2v) is 7.92. The molecule has 0 radical (unpaired) electrons. The van der Waals surface area contributed by atoms with Gasteiger partial charge in [0.25, 0.3) is 0 Å². The first kappa shape index (κ1) is 21.8. The Labute approximate surface area is 188 Å². The van der Waals surface area contributed by atoms with E-state index < -0.39 is 0 Å². The van der Waals surface area contributed by atoms with Gasteiger partial charge < -0.3 is 14.2 Å². The van der Waals surface area contributed by atoms with E-state index in [1.165, 1.54) is 0 Å². The fourth-order valence-corrected chi connectivity index (χ4v) is 3.83. The van der Waals surface area contributed by atoms with Crippen molar-refractivity contribution in [2.75, 3.05) is 24.6 Å². The Hall–Kier alpha value is -3.42. The molecule has 168 valence electrons. The minimum Gasteiger partial charge on any atom is -0.494 e. The number of amides is 2. The van der Waals surface area contributed by atoms with Crippen LogP contribution >= 0.6 is 0 Å². The first-order valence-electron chi connectivity index (χ1n) is 11.2. The van der Waals surface area contributed by atoms with Gasteiger partial charge in [-0.05, 0) is 62.6 Å². The molecule has 1 saturated heterocycles. The fraction of sp³-hybridized carbons (Fsp3) is 0.417. The lowest BCUT2D eigenvalue weighted by molar-refractivity contribution is 0.199. The van der Waals surface area contributed by atoms with E-state index in [1.807, 2.05) is 53.1 Å². The van der Waals surface area contributed by atoms with Crippen molar-refractivity contribution in [2.24, 2.45) is 0 Å². The van der Waals surface area contributed by atoms with E-state index in [-0.39, 0.29) is 12.1 Å². The maximum atomic E-state index is 12.8. The van der Waals surface area contributed by atoms with Gasteiger partial charge in [-0.25, -0.2) is 4.79 Å². The maximum absolute atomic E-state index is 12.8. The lowest BCUT2D eigenvalue weighted by atomic mass is 10.1. The Morgan fingerprint density at radius 1 is 1.09 bits per heavy atom. The molecule has 1 atom stereocenters. The summed E-state index contributed by atoms with van der Waals surface area (Å²) in [6.45, 7) is 6.22. The first-order chi connectivity index (χ1) is 15.7. The summed E-state index contributed by atoms with van der Waals surface area (Å²) in [5.41, 5.74) is 1.81. The zero-order valence-corrected chi connectivity index (χ0v) is 18.6. The van der Waals surface area contributed by atoms with Crippen LogP contribution in [0.1, 0.15) is 39.0 Å². The van der Waals surface area contributed by atoms with Crippen molar-refractivity contribution in [1.29, 1.82) is 0 Å². The topological polar surface area (TPSA) is 84.6 Å². The lowest BCUT2D eigenvalue weighted by Crippen LogP contribution is -2.37. The van der Waals surface area contributed by atoms with Crippen molar-refractivity contribution in [1.82, 2.24) is 20.0 Å². The number of aromatic nitrogens is 3. The van der Waals surface area contributed by atoms with Crippen molar-refractivity contribution in [3.63, 3.8) is 0 Å². The van der Waals surface area contributed by atoms with Gasteiger partial charge in [-0.2, -0.15) is 4.98 Å². The number of hydrogen-bond donors (Lipinski definition) is 0. The molecule has 1 aliphatic rings. The Balaban J connectivity index is 1.17. The van der Waals surface area contributed by atoms with Crippen molar-refractivity contribution < 1.29 is 14.1 Å². The summed E-state index contributed by atoms with van der Waals surface area (Å²) in [5, 5.41) is 3.99. The van der Waals surface area contributed by atoms with E-state index >= 15 is 0 Å². The molecule has 8 heteroatoms. The molecule has 1 aromatic carbocycles. The number of nitrogens with zero attached hydrogens (tertiary/aromatic N) is 5. The Morgan fingerprint density at radius 3 is 2.59 bits per heavy atom.